The molecular weight excluding hydrogens is 298 g/mol. The number of ether oxygens (including phenoxy) is 2. The van der Waals surface area contributed by atoms with Crippen LogP contribution in [0.5, 0.6) is 11.5 Å². The van der Waals surface area contributed by atoms with Crippen LogP contribution in [0, 0.1) is 0 Å². The zero-order valence-electron chi connectivity index (χ0n) is 14.5. The normalized spacial score (nSPS) is 16.1. The predicted octanol–water partition coefficient (Wildman–Crippen LogP) is 4.43. The Morgan fingerprint density at radius 1 is 0.958 bits per heavy atom. The minimum atomic E-state index is 0.0269. The summed E-state index contributed by atoms with van der Waals surface area (Å²) in [6, 6.07) is 16.5. The molecule has 1 fully saturated rings. The maximum atomic E-state index is 6.27. The quantitative estimate of drug-likeness (QED) is 0.819. The van der Waals surface area contributed by atoms with Crippen molar-refractivity contribution in [3.8, 4) is 11.5 Å². The van der Waals surface area contributed by atoms with Crippen LogP contribution in [0.4, 0.5) is 0 Å². The fraction of sp³-hybridized carbons (Fsp3) is 0.429. The maximum absolute atomic E-state index is 6.27. The van der Waals surface area contributed by atoms with Crippen LogP contribution in [0.3, 0.4) is 0 Å². The van der Waals surface area contributed by atoms with E-state index >= 15 is 0 Å². The summed E-state index contributed by atoms with van der Waals surface area (Å²) < 4.78 is 12.1. The van der Waals surface area contributed by atoms with Crippen LogP contribution >= 0.6 is 0 Å². The van der Waals surface area contributed by atoms with Crippen molar-refractivity contribution >= 4 is 0 Å². The third-order valence-corrected chi connectivity index (χ3v) is 5.03. The van der Waals surface area contributed by atoms with Crippen LogP contribution in [0.1, 0.15) is 43.7 Å². The summed E-state index contributed by atoms with van der Waals surface area (Å²) in [5.74, 6) is 1.70. The van der Waals surface area contributed by atoms with Gasteiger partial charge in [0.05, 0.1) is 6.61 Å². The number of hydrogen-bond donors (Lipinski definition) is 1. The molecule has 0 atom stereocenters. The van der Waals surface area contributed by atoms with Crippen molar-refractivity contribution in [3.05, 3.63) is 59.7 Å². The van der Waals surface area contributed by atoms with Crippen molar-refractivity contribution in [1.82, 2.24) is 0 Å². The molecule has 0 amide bonds. The lowest BCUT2D eigenvalue weighted by molar-refractivity contribution is 0.259. The monoisotopic (exact) mass is 325 g/mol. The molecule has 3 rings (SSSR count). The molecular formula is C21H27NO2. The highest BCUT2D eigenvalue weighted by atomic mass is 16.5. The van der Waals surface area contributed by atoms with Crippen LogP contribution in [-0.2, 0) is 12.0 Å². The Bertz CT molecular complexity index is 648. The Labute approximate surface area is 144 Å². The third kappa shape index (κ3) is 3.41. The third-order valence-electron chi connectivity index (χ3n) is 5.03. The molecule has 0 unspecified atom stereocenters. The first-order chi connectivity index (χ1) is 11.8. The fourth-order valence-corrected chi connectivity index (χ4v) is 3.72. The summed E-state index contributed by atoms with van der Waals surface area (Å²) >= 11 is 0. The summed E-state index contributed by atoms with van der Waals surface area (Å²) in [4.78, 5) is 0. The fourth-order valence-electron chi connectivity index (χ4n) is 3.72. The summed E-state index contributed by atoms with van der Waals surface area (Å²) in [5, 5.41) is 0. The summed E-state index contributed by atoms with van der Waals surface area (Å²) in [6.45, 7) is 3.82. The van der Waals surface area contributed by atoms with Gasteiger partial charge in [0.1, 0.15) is 6.61 Å². The average Bonchev–Trinajstić information content (AvgIpc) is 3.12. The number of hydrogen-bond acceptors (Lipinski definition) is 3. The second kappa shape index (κ2) is 7.71. The maximum Gasteiger partial charge on any atom is 0.165 e. The van der Waals surface area contributed by atoms with E-state index in [1.165, 1.54) is 18.4 Å². The van der Waals surface area contributed by atoms with E-state index in [0.717, 1.165) is 29.9 Å². The molecule has 0 heterocycles. The zero-order valence-corrected chi connectivity index (χ0v) is 14.5. The zero-order chi connectivity index (χ0) is 16.8. The van der Waals surface area contributed by atoms with Gasteiger partial charge < -0.3 is 15.2 Å². The molecule has 3 nitrogen and oxygen atoms in total. The van der Waals surface area contributed by atoms with Gasteiger partial charge in [0.25, 0.3) is 0 Å². The highest BCUT2D eigenvalue weighted by molar-refractivity contribution is 5.51. The minimum absolute atomic E-state index is 0.0269. The lowest BCUT2D eigenvalue weighted by atomic mass is 9.78. The van der Waals surface area contributed by atoms with Gasteiger partial charge >= 0.3 is 0 Å². The lowest BCUT2D eigenvalue weighted by Gasteiger charge is -2.30. The molecule has 0 aromatic heterocycles. The first-order valence-corrected chi connectivity index (χ1v) is 8.92. The second-order valence-corrected chi connectivity index (χ2v) is 6.53. The van der Waals surface area contributed by atoms with Crippen LogP contribution in [0.2, 0.25) is 0 Å². The largest absolute Gasteiger partial charge is 0.490 e. The molecule has 3 heteroatoms. The lowest BCUT2D eigenvalue weighted by Crippen LogP contribution is -2.32. The van der Waals surface area contributed by atoms with Gasteiger partial charge in [-0.15, -0.1) is 0 Å². The number of benzene rings is 2. The Hall–Kier alpha value is -2.00. The van der Waals surface area contributed by atoms with E-state index < -0.39 is 0 Å². The highest BCUT2D eigenvalue weighted by Crippen LogP contribution is 2.47. The molecule has 1 aliphatic carbocycles. The van der Waals surface area contributed by atoms with Crippen molar-refractivity contribution in [1.29, 1.82) is 0 Å². The molecule has 0 aliphatic heterocycles. The molecule has 1 saturated carbocycles. The summed E-state index contributed by atoms with van der Waals surface area (Å²) in [7, 11) is 0. The molecule has 0 spiro atoms. The van der Waals surface area contributed by atoms with Gasteiger partial charge in [0, 0.05) is 17.5 Å². The molecule has 2 aromatic rings. The second-order valence-electron chi connectivity index (χ2n) is 6.53. The van der Waals surface area contributed by atoms with Gasteiger partial charge in [0.15, 0.2) is 11.5 Å². The average molecular weight is 325 g/mol. The molecule has 2 aromatic carbocycles. The van der Waals surface area contributed by atoms with Crippen molar-refractivity contribution in [2.24, 2.45) is 5.73 Å². The van der Waals surface area contributed by atoms with E-state index in [9.17, 15) is 0 Å². The first kappa shape index (κ1) is 16.8. The highest BCUT2D eigenvalue weighted by Gasteiger charge is 2.37. The van der Waals surface area contributed by atoms with Crippen LogP contribution in [-0.4, -0.2) is 13.2 Å². The van der Waals surface area contributed by atoms with Crippen LogP contribution < -0.4 is 15.2 Å². The first-order valence-electron chi connectivity index (χ1n) is 8.92. The van der Waals surface area contributed by atoms with Gasteiger partial charge in [-0.3, -0.25) is 0 Å². The molecule has 0 radical (unpaired) electrons. The van der Waals surface area contributed by atoms with Crippen molar-refractivity contribution < 1.29 is 9.47 Å². The van der Waals surface area contributed by atoms with Gasteiger partial charge in [-0.2, -0.15) is 0 Å². The Kier molecular flexibility index (Phi) is 5.41. The van der Waals surface area contributed by atoms with E-state index in [4.69, 9.17) is 15.2 Å². The van der Waals surface area contributed by atoms with Crippen molar-refractivity contribution in [3.63, 3.8) is 0 Å². The van der Waals surface area contributed by atoms with Crippen molar-refractivity contribution in [2.75, 3.05) is 13.2 Å². The Morgan fingerprint density at radius 3 is 2.38 bits per heavy atom. The van der Waals surface area contributed by atoms with E-state index in [2.05, 4.69) is 24.3 Å². The van der Waals surface area contributed by atoms with Gasteiger partial charge in [-0.25, -0.2) is 0 Å². The van der Waals surface area contributed by atoms with Gasteiger partial charge in [0.2, 0.25) is 0 Å². The van der Waals surface area contributed by atoms with Gasteiger partial charge in [-0.1, -0.05) is 55.3 Å². The standard InChI is InChI=1S/C21H27NO2/c1-2-23-19-12-8-11-18(21(16-22)13-6-7-14-21)20(19)24-15-17-9-4-3-5-10-17/h3-5,8-12H,2,6-7,13-16,22H2,1H3. The molecule has 24 heavy (non-hydrogen) atoms. The number of nitrogens with two attached hydrogens (primary N) is 1. The van der Waals surface area contributed by atoms with Gasteiger partial charge in [-0.05, 0) is 31.4 Å². The summed E-state index contributed by atoms with van der Waals surface area (Å²) in [5.41, 5.74) is 8.60. The van der Waals surface area contributed by atoms with E-state index in [0.29, 0.717) is 19.8 Å². The molecule has 2 N–H and O–H groups in total. The van der Waals surface area contributed by atoms with Crippen LogP contribution in [0.25, 0.3) is 0 Å². The topological polar surface area (TPSA) is 44.5 Å². The molecule has 0 bridgehead atoms. The predicted molar refractivity (Wildman–Crippen MR) is 97.6 cm³/mol. The SMILES string of the molecule is CCOc1cccc(C2(CN)CCCC2)c1OCc1ccccc1. The van der Waals surface area contributed by atoms with Crippen molar-refractivity contribution in [2.45, 2.75) is 44.6 Å². The number of rotatable bonds is 7. The Balaban J connectivity index is 1.94. The van der Waals surface area contributed by atoms with Crippen LogP contribution in [0.15, 0.2) is 48.5 Å². The van der Waals surface area contributed by atoms with E-state index in [1.807, 2.05) is 31.2 Å². The molecule has 128 valence electrons. The summed E-state index contributed by atoms with van der Waals surface area (Å²) in [6.07, 6.45) is 4.71. The minimum Gasteiger partial charge on any atom is -0.490 e. The smallest absolute Gasteiger partial charge is 0.165 e. The molecule has 1 aliphatic rings. The number of para-hydroxylation sites is 1. The Morgan fingerprint density at radius 2 is 1.71 bits per heavy atom. The molecule has 0 saturated heterocycles. The van der Waals surface area contributed by atoms with E-state index in [-0.39, 0.29) is 5.41 Å². The van der Waals surface area contributed by atoms with E-state index in [1.54, 1.807) is 0 Å².